The van der Waals surface area contributed by atoms with Crippen LogP contribution in [0.25, 0.3) is 0 Å². The molecule has 0 unspecified atom stereocenters. The number of ketones is 1. The molecule has 3 rings (SSSR count). The predicted octanol–water partition coefficient (Wildman–Crippen LogP) is 4.61. The Bertz CT molecular complexity index is 1050. The van der Waals surface area contributed by atoms with Gasteiger partial charge in [0.25, 0.3) is 0 Å². The molecule has 0 N–H and O–H groups in total. The van der Waals surface area contributed by atoms with Crippen LogP contribution in [-0.2, 0) is 26.2 Å². The highest BCUT2D eigenvalue weighted by Gasteiger charge is 2.37. The maximum Gasteiger partial charge on any atom is 0.451 e. The Morgan fingerprint density at radius 2 is 1.80 bits per heavy atom. The number of thioether (sulfide) groups is 1. The molecule has 0 bridgehead atoms. The number of aryl methyl sites for hydroxylation is 2. The lowest BCUT2D eigenvalue weighted by Crippen LogP contribution is -2.13. The van der Waals surface area contributed by atoms with Crippen LogP contribution in [0.2, 0.25) is 0 Å². The van der Waals surface area contributed by atoms with Crippen LogP contribution in [-0.4, -0.2) is 30.9 Å². The first-order valence-electron chi connectivity index (χ1n) is 9.11. The normalized spacial score (nSPS) is 11.8. The van der Waals surface area contributed by atoms with Crippen LogP contribution >= 0.6 is 11.8 Å². The molecule has 0 aliphatic heterocycles. The van der Waals surface area contributed by atoms with Gasteiger partial charge in [-0.15, -0.1) is 10.2 Å². The van der Waals surface area contributed by atoms with Crippen molar-refractivity contribution in [2.75, 3.05) is 5.75 Å². The molecule has 30 heavy (non-hydrogen) atoms. The molecular weight excluding hydrogens is 420 g/mol. The van der Waals surface area contributed by atoms with Gasteiger partial charge < -0.3 is 9.13 Å². The van der Waals surface area contributed by atoms with Crippen molar-refractivity contribution >= 4 is 17.5 Å². The van der Waals surface area contributed by atoms with Gasteiger partial charge in [0.1, 0.15) is 5.82 Å². The zero-order valence-electron chi connectivity index (χ0n) is 16.6. The number of alkyl halides is 3. The molecule has 3 aromatic rings. The molecule has 0 amide bonds. The summed E-state index contributed by atoms with van der Waals surface area (Å²) in [5, 5.41) is 6.72. The van der Waals surface area contributed by atoms with Gasteiger partial charge in [0.05, 0.1) is 5.75 Å². The van der Waals surface area contributed by atoms with Gasteiger partial charge in [0, 0.05) is 30.5 Å². The van der Waals surface area contributed by atoms with E-state index in [1.54, 1.807) is 18.2 Å². The summed E-state index contributed by atoms with van der Waals surface area (Å²) in [7, 11) is 1.22. The summed E-state index contributed by atoms with van der Waals surface area (Å²) in [4.78, 5) is 12.7. The number of hydrogen-bond donors (Lipinski definition) is 0. The molecule has 0 aliphatic rings. The summed E-state index contributed by atoms with van der Waals surface area (Å²) in [6, 6.07) is 8.05. The molecule has 1 aromatic carbocycles. The SMILES string of the molecule is Cc1cc(C(=O)CSc2nnc(C(F)(F)F)n2C)c(C)n1CCc1ccc(F)cc1. The molecule has 0 saturated heterocycles. The van der Waals surface area contributed by atoms with E-state index in [9.17, 15) is 22.4 Å². The number of aromatic nitrogens is 4. The Morgan fingerprint density at radius 3 is 2.40 bits per heavy atom. The molecule has 10 heteroatoms. The number of benzene rings is 1. The summed E-state index contributed by atoms with van der Waals surface area (Å²) in [6.07, 6.45) is -3.92. The van der Waals surface area contributed by atoms with E-state index in [1.807, 2.05) is 18.4 Å². The van der Waals surface area contributed by atoms with E-state index in [1.165, 1.54) is 19.2 Å². The average Bonchev–Trinajstić information content (AvgIpc) is 3.19. The van der Waals surface area contributed by atoms with Crippen LogP contribution in [0.15, 0.2) is 35.5 Å². The van der Waals surface area contributed by atoms with Gasteiger partial charge in [-0.25, -0.2) is 4.39 Å². The third-order valence-corrected chi connectivity index (χ3v) is 5.85. The molecule has 0 aliphatic carbocycles. The fourth-order valence-corrected chi connectivity index (χ4v) is 4.01. The predicted molar refractivity (Wildman–Crippen MR) is 105 cm³/mol. The second-order valence-corrected chi connectivity index (χ2v) is 7.83. The fourth-order valence-electron chi connectivity index (χ4n) is 3.21. The van der Waals surface area contributed by atoms with Gasteiger partial charge >= 0.3 is 6.18 Å². The van der Waals surface area contributed by atoms with Gasteiger partial charge in [-0.1, -0.05) is 23.9 Å². The van der Waals surface area contributed by atoms with Crippen LogP contribution in [0.1, 0.15) is 33.1 Å². The molecule has 5 nitrogen and oxygen atoms in total. The van der Waals surface area contributed by atoms with Crippen molar-refractivity contribution in [1.29, 1.82) is 0 Å². The van der Waals surface area contributed by atoms with Crippen LogP contribution in [0.3, 0.4) is 0 Å². The molecule has 0 spiro atoms. The number of carbonyl (C=O) groups is 1. The molecule has 160 valence electrons. The number of Topliss-reactive ketones (excluding diaryl/α,β-unsaturated/α-hetero) is 1. The highest BCUT2D eigenvalue weighted by molar-refractivity contribution is 7.99. The standard InChI is InChI=1S/C20H20F4N4OS/c1-12-10-16(13(2)28(12)9-8-14-4-6-15(21)7-5-14)17(29)11-30-19-26-25-18(27(19)3)20(22,23)24/h4-7,10H,8-9,11H2,1-3H3. The van der Waals surface area contributed by atoms with Crippen LogP contribution in [0.4, 0.5) is 17.6 Å². The third kappa shape index (κ3) is 4.75. The molecule has 0 saturated carbocycles. The third-order valence-electron chi connectivity index (χ3n) is 4.83. The zero-order chi connectivity index (χ0) is 22.1. The Balaban J connectivity index is 1.67. The number of carbonyl (C=O) groups excluding carboxylic acids is 1. The molecule has 2 aromatic heterocycles. The maximum atomic E-state index is 13.0. The van der Waals surface area contributed by atoms with E-state index >= 15 is 0 Å². The summed E-state index contributed by atoms with van der Waals surface area (Å²) >= 11 is 0.917. The molecule has 0 atom stereocenters. The lowest BCUT2D eigenvalue weighted by Gasteiger charge is -2.10. The lowest BCUT2D eigenvalue weighted by atomic mass is 10.1. The van der Waals surface area contributed by atoms with E-state index in [0.717, 1.165) is 33.3 Å². The minimum atomic E-state index is -4.60. The van der Waals surface area contributed by atoms with E-state index in [2.05, 4.69) is 10.2 Å². The zero-order valence-corrected chi connectivity index (χ0v) is 17.4. The van der Waals surface area contributed by atoms with E-state index < -0.39 is 12.0 Å². The quantitative estimate of drug-likeness (QED) is 0.306. The average molecular weight is 440 g/mol. The molecular formula is C20H20F4N4OS. The second-order valence-electron chi connectivity index (χ2n) is 6.89. The summed E-state index contributed by atoms with van der Waals surface area (Å²) in [6.45, 7) is 4.35. The summed E-state index contributed by atoms with van der Waals surface area (Å²) < 4.78 is 54.3. The second kappa shape index (κ2) is 8.63. The summed E-state index contributed by atoms with van der Waals surface area (Å²) in [5.74, 6) is -1.64. The Kier molecular flexibility index (Phi) is 6.35. The fraction of sp³-hybridized carbons (Fsp3) is 0.350. The number of hydrogen-bond acceptors (Lipinski definition) is 4. The Labute approximate surface area is 175 Å². The van der Waals surface area contributed by atoms with Crippen LogP contribution in [0.5, 0.6) is 0 Å². The van der Waals surface area contributed by atoms with Crippen molar-refractivity contribution in [2.45, 2.75) is 38.1 Å². The first-order chi connectivity index (χ1) is 14.1. The first-order valence-corrected chi connectivity index (χ1v) is 10.1. The highest BCUT2D eigenvalue weighted by atomic mass is 32.2. The van der Waals surface area contributed by atoms with Crippen molar-refractivity contribution in [3.05, 3.63) is 64.5 Å². The first kappa shape index (κ1) is 22.1. The minimum Gasteiger partial charge on any atom is -0.348 e. The number of nitrogens with zero attached hydrogens (tertiary/aromatic N) is 4. The highest BCUT2D eigenvalue weighted by Crippen LogP contribution is 2.30. The number of halogens is 4. The van der Waals surface area contributed by atoms with E-state index in [-0.39, 0.29) is 22.5 Å². The van der Waals surface area contributed by atoms with Crippen molar-refractivity contribution < 1.29 is 22.4 Å². The summed E-state index contributed by atoms with van der Waals surface area (Å²) in [5.41, 5.74) is 3.20. The van der Waals surface area contributed by atoms with Crippen LogP contribution in [0, 0.1) is 19.7 Å². The van der Waals surface area contributed by atoms with Gasteiger partial charge in [-0.05, 0) is 44.0 Å². The van der Waals surface area contributed by atoms with Crippen LogP contribution < -0.4 is 0 Å². The van der Waals surface area contributed by atoms with Crippen molar-refractivity contribution in [2.24, 2.45) is 7.05 Å². The van der Waals surface area contributed by atoms with E-state index in [0.29, 0.717) is 18.5 Å². The molecule has 2 heterocycles. The smallest absolute Gasteiger partial charge is 0.348 e. The monoisotopic (exact) mass is 440 g/mol. The van der Waals surface area contributed by atoms with Gasteiger partial charge in [-0.2, -0.15) is 13.2 Å². The van der Waals surface area contributed by atoms with Gasteiger partial charge in [-0.3, -0.25) is 4.79 Å². The van der Waals surface area contributed by atoms with Gasteiger partial charge in [0.2, 0.25) is 5.82 Å². The van der Waals surface area contributed by atoms with E-state index in [4.69, 9.17) is 0 Å². The van der Waals surface area contributed by atoms with Gasteiger partial charge in [0.15, 0.2) is 10.9 Å². The Morgan fingerprint density at radius 1 is 1.13 bits per heavy atom. The maximum absolute atomic E-state index is 13.0. The topological polar surface area (TPSA) is 52.7 Å². The van der Waals surface area contributed by atoms with Crippen molar-refractivity contribution in [3.8, 4) is 0 Å². The van der Waals surface area contributed by atoms with Crippen molar-refractivity contribution in [1.82, 2.24) is 19.3 Å². The largest absolute Gasteiger partial charge is 0.451 e. The minimum absolute atomic E-state index is 0.0285. The molecule has 0 radical (unpaired) electrons. The lowest BCUT2D eigenvalue weighted by molar-refractivity contribution is -0.147. The van der Waals surface area contributed by atoms with Crippen molar-refractivity contribution in [3.63, 3.8) is 0 Å². The Hall–Kier alpha value is -2.62. The molecule has 0 fully saturated rings. The number of rotatable bonds is 7.